The molecule has 4 aromatic rings. The maximum absolute atomic E-state index is 6.06. The first-order chi connectivity index (χ1) is 13.3. The highest BCUT2D eigenvalue weighted by Crippen LogP contribution is 2.27. The van der Waals surface area contributed by atoms with Crippen molar-refractivity contribution in [2.75, 3.05) is 0 Å². The quantitative estimate of drug-likeness (QED) is 0.387. The Kier molecular flexibility index (Phi) is 5.17. The molecular formula is C24H19ClN2. The summed E-state index contributed by atoms with van der Waals surface area (Å²) in [4.78, 5) is 0. The molecule has 0 spiro atoms. The molecule has 3 aromatic carbocycles. The predicted octanol–water partition coefficient (Wildman–Crippen LogP) is 6.58. The van der Waals surface area contributed by atoms with E-state index in [4.69, 9.17) is 16.7 Å². The van der Waals surface area contributed by atoms with Crippen LogP contribution in [0.15, 0.2) is 97.1 Å². The molecule has 0 aliphatic carbocycles. The van der Waals surface area contributed by atoms with Crippen LogP contribution in [0.1, 0.15) is 5.56 Å². The fraction of sp³-hybridized carbons (Fsp3) is 0.0417. The van der Waals surface area contributed by atoms with Crippen LogP contribution in [0.5, 0.6) is 0 Å². The van der Waals surface area contributed by atoms with Gasteiger partial charge in [-0.3, -0.25) is 0 Å². The highest BCUT2D eigenvalue weighted by atomic mass is 35.5. The van der Waals surface area contributed by atoms with Gasteiger partial charge in [0.05, 0.1) is 11.4 Å². The second-order valence-electron chi connectivity index (χ2n) is 6.31. The lowest BCUT2D eigenvalue weighted by Gasteiger charge is -2.03. The Labute approximate surface area is 164 Å². The zero-order chi connectivity index (χ0) is 18.5. The topological polar surface area (TPSA) is 17.8 Å². The third-order valence-corrected chi connectivity index (χ3v) is 4.64. The number of hydrogen-bond acceptors (Lipinski definition) is 1. The molecule has 0 radical (unpaired) electrons. The van der Waals surface area contributed by atoms with E-state index in [-0.39, 0.29) is 0 Å². The van der Waals surface area contributed by atoms with Crippen LogP contribution in [0.3, 0.4) is 0 Å². The van der Waals surface area contributed by atoms with Crippen LogP contribution in [0.2, 0.25) is 5.02 Å². The number of nitrogens with zero attached hydrogens (tertiary/aromatic N) is 2. The summed E-state index contributed by atoms with van der Waals surface area (Å²) in [6.07, 6.45) is 5.03. The van der Waals surface area contributed by atoms with E-state index >= 15 is 0 Å². The molecule has 0 atom stereocenters. The lowest BCUT2D eigenvalue weighted by atomic mass is 10.1. The fourth-order valence-electron chi connectivity index (χ4n) is 3.00. The highest BCUT2D eigenvalue weighted by Gasteiger charge is 2.10. The zero-order valence-corrected chi connectivity index (χ0v) is 15.6. The molecule has 0 saturated heterocycles. The van der Waals surface area contributed by atoms with E-state index in [1.165, 1.54) is 5.56 Å². The van der Waals surface area contributed by atoms with E-state index in [0.717, 1.165) is 34.0 Å². The molecule has 27 heavy (non-hydrogen) atoms. The smallest absolute Gasteiger partial charge is 0.0933 e. The first kappa shape index (κ1) is 17.3. The first-order valence-electron chi connectivity index (χ1n) is 8.91. The van der Waals surface area contributed by atoms with Gasteiger partial charge in [-0.15, -0.1) is 0 Å². The van der Waals surface area contributed by atoms with Gasteiger partial charge in [0.25, 0.3) is 0 Å². The molecule has 0 fully saturated rings. The van der Waals surface area contributed by atoms with Crippen LogP contribution < -0.4 is 0 Å². The Morgan fingerprint density at radius 3 is 2.15 bits per heavy atom. The third kappa shape index (κ3) is 4.18. The van der Waals surface area contributed by atoms with Crippen LogP contribution in [0.4, 0.5) is 0 Å². The second-order valence-corrected chi connectivity index (χ2v) is 6.74. The maximum Gasteiger partial charge on any atom is 0.0933 e. The molecule has 4 rings (SSSR count). The van der Waals surface area contributed by atoms with E-state index in [1.807, 2.05) is 59.4 Å². The van der Waals surface area contributed by atoms with E-state index < -0.39 is 0 Å². The SMILES string of the molecule is Clc1ccc(-c2cc(-c3ccccc3)nn2/C=C\Cc2ccccc2)cc1. The van der Waals surface area contributed by atoms with Crippen molar-refractivity contribution < 1.29 is 0 Å². The van der Waals surface area contributed by atoms with Crippen molar-refractivity contribution in [1.82, 2.24) is 9.78 Å². The lowest BCUT2D eigenvalue weighted by molar-refractivity contribution is 0.942. The van der Waals surface area contributed by atoms with Gasteiger partial charge in [0.15, 0.2) is 0 Å². The van der Waals surface area contributed by atoms with Gasteiger partial charge < -0.3 is 0 Å². The summed E-state index contributed by atoms with van der Waals surface area (Å²) in [5.41, 5.74) is 5.44. The Balaban J connectivity index is 1.69. The molecule has 0 aliphatic heterocycles. The molecular weight excluding hydrogens is 352 g/mol. The molecule has 1 aromatic heterocycles. The normalized spacial score (nSPS) is 11.1. The van der Waals surface area contributed by atoms with Gasteiger partial charge in [-0.05, 0) is 30.2 Å². The lowest BCUT2D eigenvalue weighted by Crippen LogP contribution is -1.93. The van der Waals surface area contributed by atoms with Gasteiger partial charge in [-0.1, -0.05) is 90.5 Å². The van der Waals surface area contributed by atoms with E-state index in [1.54, 1.807) is 0 Å². The molecule has 0 N–H and O–H groups in total. The molecule has 0 bridgehead atoms. The van der Waals surface area contributed by atoms with Crippen molar-refractivity contribution in [1.29, 1.82) is 0 Å². The van der Waals surface area contributed by atoms with Crippen molar-refractivity contribution in [2.45, 2.75) is 6.42 Å². The summed E-state index contributed by atoms with van der Waals surface area (Å²) >= 11 is 6.06. The number of benzene rings is 3. The average Bonchev–Trinajstić information content (AvgIpc) is 3.14. The van der Waals surface area contributed by atoms with Crippen LogP contribution in [-0.2, 0) is 6.42 Å². The summed E-state index contributed by atoms with van der Waals surface area (Å²) in [6, 6.07) is 30.6. The Hall–Kier alpha value is -3.10. The Morgan fingerprint density at radius 2 is 1.44 bits per heavy atom. The number of hydrogen-bond donors (Lipinski definition) is 0. The first-order valence-corrected chi connectivity index (χ1v) is 9.29. The van der Waals surface area contributed by atoms with Gasteiger partial charge in [0, 0.05) is 22.3 Å². The van der Waals surface area contributed by atoms with E-state index in [9.17, 15) is 0 Å². The number of allylic oxidation sites excluding steroid dienone is 1. The number of halogens is 1. The van der Waals surface area contributed by atoms with Gasteiger partial charge in [-0.2, -0.15) is 5.10 Å². The van der Waals surface area contributed by atoms with Crippen molar-refractivity contribution >= 4 is 17.8 Å². The molecule has 132 valence electrons. The summed E-state index contributed by atoms with van der Waals surface area (Å²) in [5.74, 6) is 0. The molecule has 1 heterocycles. The van der Waals surface area contributed by atoms with Crippen molar-refractivity contribution in [3.05, 3.63) is 108 Å². The van der Waals surface area contributed by atoms with Crippen molar-refractivity contribution in [2.24, 2.45) is 0 Å². The van der Waals surface area contributed by atoms with Gasteiger partial charge in [0.1, 0.15) is 0 Å². The van der Waals surface area contributed by atoms with Crippen LogP contribution in [-0.4, -0.2) is 9.78 Å². The van der Waals surface area contributed by atoms with E-state index in [0.29, 0.717) is 0 Å². The fourth-order valence-corrected chi connectivity index (χ4v) is 3.12. The van der Waals surface area contributed by atoms with Crippen LogP contribution in [0.25, 0.3) is 28.7 Å². The van der Waals surface area contributed by atoms with Crippen molar-refractivity contribution in [3.8, 4) is 22.5 Å². The average molecular weight is 371 g/mol. The Morgan fingerprint density at radius 1 is 0.778 bits per heavy atom. The monoisotopic (exact) mass is 370 g/mol. The molecule has 3 heteroatoms. The summed E-state index contributed by atoms with van der Waals surface area (Å²) in [5, 5.41) is 5.54. The van der Waals surface area contributed by atoms with E-state index in [2.05, 4.69) is 48.5 Å². The molecule has 0 unspecified atom stereocenters. The van der Waals surface area contributed by atoms with Crippen molar-refractivity contribution in [3.63, 3.8) is 0 Å². The van der Waals surface area contributed by atoms with Crippen LogP contribution in [0, 0.1) is 0 Å². The zero-order valence-electron chi connectivity index (χ0n) is 14.8. The number of aromatic nitrogens is 2. The summed E-state index contributed by atoms with van der Waals surface area (Å²) in [6.45, 7) is 0. The maximum atomic E-state index is 6.06. The minimum absolute atomic E-state index is 0.729. The Bertz CT molecular complexity index is 1030. The molecule has 0 aliphatic rings. The van der Waals surface area contributed by atoms with Gasteiger partial charge >= 0.3 is 0 Å². The largest absolute Gasteiger partial charge is 0.240 e. The minimum Gasteiger partial charge on any atom is -0.240 e. The third-order valence-electron chi connectivity index (χ3n) is 4.39. The predicted molar refractivity (Wildman–Crippen MR) is 114 cm³/mol. The highest BCUT2D eigenvalue weighted by molar-refractivity contribution is 6.30. The van der Waals surface area contributed by atoms with Crippen LogP contribution >= 0.6 is 11.6 Å². The second kappa shape index (κ2) is 8.07. The number of rotatable bonds is 5. The molecule has 2 nitrogen and oxygen atoms in total. The van der Waals surface area contributed by atoms with Gasteiger partial charge in [-0.25, -0.2) is 4.68 Å². The summed E-state index contributed by atoms with van der Waals surface area (Å²) < 4.78 is 1.94. The minimum atomic E-state index is 0.729. The molecule has 0 amide bonds. The standard InChI is InChI=1S/C24H19ClN2/c25-22-15-13-21(14-16-22)24-18-23(20-11-5-2-6-12-20)26-27(24)17-7-10-19-8-3-1-4-9-19/h1-9,11-18H,10H2/b17-7-. The summed E-state index contributed by atoms with van der Waals surface area (Å²) in [7, 11) is 0. The molecule has 0 saturated carbocycles. The van der Waals surface area contributed by atoms with Gasteiger partial charge in [0.2, 0.25) is 0 Å².